The average molecular weight is 277 g/mol. The first kappa shape index (κ1) is 13.1. The van der Waals surface area contributed by atoms with Crippen molar-refractivity contribution in [3.05, 3.63) is 30.1 Å². The van der Waals surface area contributed by atoms with Gasteiger partial charge in [-0.15, -0.1) is 0 Å². The molecule has 0 spiro atoms. The number of carboxylic acids is 1. The van der Waals surface area contributed by atoms with Gasteiger partial charge in [-0.05, 0) is 43.2 Å². The van der Waals surface area contributed by atoms with Gasteiger partial charge in [0.15, 0.2) is 0 Å². The van der Waals surface area contributed by atoms with Crippen LogP contribution in [0.25, 0.3) is 0 Å². The zero-order chi connectivity index (χ0) is 14.3. The Morgan fingerprint density at radius 2 is 1.80 bits per heavy atom. The van der Waals surface area contributed by atoms with Crippen molar-refractivity contribution in [1.29, 1.82) is 0 Å². The number of halogens is 1. The minimum atomic E-state index is -0.911. The van der Waals surface area contributed by atoms with Gasteiger partial charge in [0, 0.05) is 0 Å². The number of para-hydroxylation sites is 1. The number of carbonyl (C=O) groups excluding carboxylic acids is 1. The number of aliphatic carboxylic acids is 1. The topological polar surface area (TPSA) is 66.4 Å². The van der Waals surface area contributed by atoms with Gasteiger partial charge in [0.05, 0.1) is 17.5 Å². The molecule has 0 saturated heterocycles. The lowest BCUT2D eigenvalue weighted by atomic mass is 9.78. The van der Waals surface area contributed by atoms with Gasteiger partial charge >= 0.3 is 5.97 Å². The molecule has 0 aliphatic heterocycles. The Morgan fingerprint density at radius 3 is 2.45 bits per heavy atom. The van der Waals surface area contributed by atoms with E-state index in [-0.39, 0.29) is 23.4 Å². The van der Waals surface area contributed by atoms with E-state index in [4.69, 9.17) is 0 Å². The Labute approximate surface area is 116 Å². The summed E-state index contributed by atoms with van der Waals surface area (Å²) in [7, 11) is 0. The number of nitrogens with one attached hydrogen (secondary N) is 1. The van der Waals surface area contributed by atoms with Gasteiger partial charge in [0.1, 0.15) is 5.82 Å². The maximum absolute atomic E-state index is 13.5. The minimum Gasteiger partial charge on any atom is -0.481 e. The van der Waals surface area contributed by atoms with Gasteiger partial charge in [0.25, 0.3) is 0 Å². The molecule has 2 N–H and O–H groups in total. The largest absolute Gasteiger partial charge is 0.481 e. The van der Waals surface area contributed by atoms with Crippen LogP contribution in [0.3, 0.4) is 0 Å². The maximum atomic E-state index is 13.5. The van der Waals surface area contributed by atoms with Gasteiger partial charge in [-0.3, -0.25) is 9.59 Å². The third kappa shape index (κ3) is 2.07. The second kappa shape index (κ2) is 4.89. The molecule has 2 fully saturated rings. The van der Waals surface area contributed by atoms with Crippen LogP contribution in [0, 0.1) is 29.5 Å². The predicted octanol–water partition coefficient (Wildman–Crippen LogP) is 2.51. The number of carboxylic acid groups (broad SMARTS) is 1. The van der Waals surface area contributed by atoms with Crippen LogP contribution in [0.4, 0.5) is 10.1 Å². The van der Waals surface area contributed by atoms with Crippen LogP contribution in [0.5, 0.6) is 0 Å². The number of benzene rings is 1. The molecule has 106 valence electrons. The van der Waals surface area contributed by atoms with E-state index < -0.39 is 23.6 Å². The van der Waals surface area contributed by atoms with Gasteiger partial charge in [-0.1, -0.05) is 12.1 Å². The van der Waals surface area contributed by atoms with E-state index in [2.05, 4.69) is 5.32 Å². The van der Waals surface area contributed by atoms with Crippen LogP contribution in [-0.4, -0.2) is 17.0 Å². The highest BCUT2D eigenvalue weighted by molar-refractivity contribution is 5.96. The van der Waals surface area contributed by atoms with E-state index >= 15 is 0 Å². The highest BCUT2D eigenvalue weighted by Gasteiger charge is 2.54. The number of carbonyl (C=O) groups is 2. The molecule has 20 heavy (non-hydrogen) atoms. The summed E-state index contributed by atoms with van der Waals surface area (Å²) in [4.78, 5) is 23.7. The lowest BCUT2D eigenvalue weighted by molar-refractivity contribution is -0.148. The van der Waals surface area contributed by atoms with Crippen LogP contribution >= 0.6 is 0 Å². The molecule has 1 amide bonds. The summed E-state index contributed by atoms with van der Waals surface area (Å²) in [6.07, 6.45) is 2.57. The number of anilines is 1. The van der Waals surface area contributed by atoms with Gasteiger partial charge in [-0.2, -0.15) is 0 Å². The molecule has 0 aromatic heterocycles. The van der Waals surface area contributed by atoms with Crippen molar-refractivity contribution in [1.82, 2.24) is 0 Å². The van der Waals surface area contributed by atoms with E-state index in [0.717, 1.165) is 19.3 Å². The second-order valence-electron chi connectivity index (χ2n) is 5.69. The molecule has 2 aliphatic rings. The lowest BCUT2D eigenvalue weighted by Gasteiger charge is -2.27. The number of hydrogen-bond acceptors (Lipinski definition) is 2. The first-order valence-electron chi connectivity index (χ1n) is 6.86. The fourth-order valence-electron chi connectivity index (χ4n) is 3.80. The Bertz CT molecular complexity index is 560. The highest BCUT2D eigenvalue weighted by Crippen LogP contribution is 2.52. The van der Waals surface area contributed by atoms with E-state index in [9.17, 15) is 19.1 Å². The van der Waals surface area contributed by atoms with Gasteiger partial charge in [0.2, 0.25) is 5.91 Å². The van der Waals surface area contributed by atoms with Crippen LogP contribution in [0.1, 0.15) is 19.3 Å². The second-order valence-corrected chi connectivity index (χ2v) is 5.69. The first-order chi connectivity index (χ1) is 9.58. The summed E-state index contributed by atoms with van der Waals surface area (Å²) >= 11 is 0. The average Bonchev–Trinajstić information content (AvgIpc) is 3.01. The molecule has 4 atom stereocenters. The Kier molecular flexibility index (Phi) is 3.20. The minimum absolute atomic E-state index is 0.0915. The Hall–Kier alpha value is -1.91. The van der Waals surface area contributed by atoms with Crippen molar-refractivity contribution in [3.63, 3.8) is 0 Å². The molecule has 3 rings (SSSR count). The summed E-state index contributed by atoms with van der Waals surface area (Å²) in [5.41, 5.74) is 0.115. The summed E-state index contributed by atoms with van der Waals surface area (Å²) in [5.74, 6) is -2.73. The highest BCUT2D eigenvalue weighted by atomic mass is 19.1. The fourth-order valence-corrected chi connectivity index (χ4v) is 3.80. The van der Waals surface area contributed by atoms with Crippen molar-refractivity contribution in [2.24, 2.45) is 23.7 Å². The molecule has 4 nitrogen and oxygen atoms in total. The summed E-state index contributed by atoms with van der Waals surface area (Å²) in [6.45, 7) is 0. The third-order valence-electron chi connectivity index (χ3n) is 4.64. The van der Waals surface area contributed by atoms with Crippen molar-refractivity contribution >= 4 is 17.6 Å². The quantitative estimate of drug-likeness (QED) is 0.892. The van der Waals surface area contributed by atoms with Crippen molar-refractivity contribution in [2.75, 3.05) is 5.32 Å². The van der Waals surface area contributed by atoms with Crippen molar-refractivity contribution in [3.8, 4) is 0 Å². The zero-order valence-electron chi connectivity index (χ0n) is 10.9. The molecular weight excluding hydrogens is 261 g/mol. The molecule has 0 radical (unpaired) electrons. The standard InChI is InChI=1S/C15H16FNO3/c16-10-3-1-2-4-11(10)17-14(18)12-8-5-6-9(7-8)13(12)15(19)20/h1-4,8-9,12-13H,5-7H2,(H,17,18)(H,19,20)/t8-,9-,12-,13-/m0/s1. The van der Waals surface area contributed by atoms with Gasteiger partial charge < -0.3 is 10.4 Å². The van der Waals surface area contributed by atoms with Crippen LogP contribution in [0.2, 0.25) is 0 Å². The molecule has 0 unspecified atom stereocenters. The number of fused-ring (bicyclic) bond motifs is 2. The van der Waals surface area contributed by atoms with Crippen molar-refractivity contribution < 1.29 is 19.1 Å². The summed E-state index contributed by atoms with van der Waals surface area (Å²) in [5, 5.41) is 11.9. The summed E-state index contributed by atoms with van der Waals surface area (Å²) in [6, 6.07) is 5.93. The molecule has 1 aromatic carbocycles. The molecule has 2 aliphatic carbocycles. The number of hydrogen-bond donors (Lipinski definition) is 2. The van der Waals surface area contributed by atoms with Gasteiger partial charge in [-0.25, -0.2) is 4.39 Å². The monoisotopic (exact) mass is 277 g/mol. The Morgan fingerprint density at radius 1 is 1.15 bits per heavy atom. The van der Waals surface area contributed by atoms with Crippen LogP contribution in [-0.2, 0) is 9.59 Å². The first-order valence-corrected chi connectivity index (χ1v) is 6.86. The van der Waals surface area contributed by atoms with Crippen LogP contribution in [0.15, 0.2) is 24.3 Å². The van der Waals surface area contributed by atoms with E-state index in [1.165, 1.54) is 12.1 Å². The smallest absolute Gasteiger partial charge is 0.307 e. The van der Waals surface area contributed by atoms with E-state index in [1.54, 1.807) is 12.1 Å². The van der Waals surface area contributed by atoms with E-state index in [1.807, 2.05) is 0 Å². The molecule has 2 saturated carbocycles. The summed E-state index contributed by atoms with van der Waals surface area (Å²) < 4.78 is 13.5. The number of rotatable bonds is 3. The van der Waals surface area contributed by atoms with E-state index in [0.29, 0.717) is 0 Å². The fraction of sp³-hybridized carbons (Fsp3) is 0.467. The molecule has 0 heterocycles. The lowest BCUT2D eigenvalue weighted by Crippen LogP contribution is -2.38. The molecular formula is C15H16FNO3. The zero-order valence-corrected chi connectivity index (χ0v) is 10.9. The number of amides is 1. The Balaban J connectivity index is 1.80. The van der Waals surface area contributed by atoms with Crippen LogP contribution < -0.4 is 5.32 Å². The third-order valence-corrected chi connectivity index (χ3v) is 4.64. The normalized spacial score (nSPS) is 31.2. The predicted molar refractivity (Wildman–Crippen MR) is 70.5 cm³/mol. The SMILES string of the molecule is O=C(O)[C@H]1[C@H]2CC[C@@H](C2)[C@@H]1C(=O)Nc1ccccc1F. The molecule has 5 heteroatoms. The maximum Gasteiger partial charge on any atom is 0.307 e. The molecule has 1 aromatic rings. The molecule has 2 bridgehead atoms. The van der Waals surface area contributed by atoms with Crippen molar-refractivity contribution in [2.45, 2.75) is 19.3 Å².